The molecule has 1 saturated carbocycles. The van der Waals surface area contributed by atoms with E-state index in [9.17, 15) is 9.59 Å². The van der Waals surface area contributed by atoms with Crippen LogP contribution in [0.2, 0.25) is 0 Å². The van der Waals surface area contributed by atoms with Crippen LogP contribution in [0.3, 0.4) is 0 Å². The monoisotopic (exact) mass is 258 g/mol. The Balaban J connectivity index is 1.87. The standard InChI is InChI=1S/C16H18O3/c1-19-15(18)12-7-9-16(10-14(12)17)8-6-11-4-2-3-5-13(11)16/h2-5,12H,6-10H2,1H3. The number of ether oxygens (including phenoxy) is 1. The van der Waals surface area contributed by atoms with Crippen LogP contribution in [0.1, 0.15) is 36.8 Å². The molecule has 1 fully saturated rings. The van der Waals surface area contributed by atoms with E-state index in [1.807, 2.05) is 6.07 Å². The van der Waals surface area contributed by atoms with E-state index in [4.69, 9.17) is 4.74 Å². The van der Waals surface area contributed by atoms with Gasteiger partial charge in [0.05, 0.1) is 7.11 Å². The number of ketones is 1. The van der Waals surface area contributed by atoms with Crippen molar-refractivity contribution in [1.29, 1.82) is 0 Å². The molecule has 2 atom stereocenters. The number of hydrogen-bond acceptors (Lipinski definition) is 3. The maximum absolute atomic E-state index is 12.3. The Morgan fingerprint density at radius 2 is 2.11 bits per heavy atom. The summed E-state index contributed by atoms with van der Waals surface area (Å²) in [4.78, 5) is 23.8. The summed E-state index contributed by atoms with van der Waals surface area (Å²) >= 11 is 0. The Morgan fingerprint density at radius 1 is 1.32 bits per heavy atom. The van der Waals surface area contributed by atoms with Gasteiger partial charge in [-0.3, -0.25) is 9.59 Å². The van der Waals surface area contributed by atoms with Crippen LogP contribution >= 0.6 is 0 Å². The summed E-state index contributed by atoms with van der Waals surface area (Å²) in [6, 6.07) is 8.40. The van der Waals surface area contributed by atoms with Gasteiger partial charge in [-0.05, 0) is 36.8 Å². The lowest BCUT2D eigenvalue weighted by atomic mass is 9.67. The van der Waals surface area contributed by atoms with E-state index in [1.165, 1.54) is 18.2 Å². The Hall–Kier alpha value is -1.64. The SMILES string of the molecule is COC(=O)C1CCC2(CCc3ccccc32)CC1=O. The smallest absolute Gasteiger partial charge is 0.316 e. The third-order valence-corrected chi connectivity index (χ3v) is 4.76. The minimum absolute atomic E-state index is 0.0157. The molecule has 19 heavy (non-hydrogen) atoms. The fourth-order valence-corrected chi connectivity index (χ4v) is 3.73. The number of benzene rings is 1. The van der Waals surface area contributed by atoms with Crippen molar-refractivity contribution in [2.24, 2.45) is 5.92 Å². The van der Waals surface area contributed by atoms with Crippen LogP contribution in [0.25, 0.3) is 0 Å². The second-order valence-electron chi connectivity index (χ2n) is 5.69. The number of hydrogen-bond donors (Lipinski definition) is 0. The van der Waals surface area contributed by atoms with Gasteiger partial charge in [0.15, 0.2) is 0 Å². The molecule has 2 aliphatic rings. The van der Waals surface area contributed by atoms with Crippen molar-refractivity contribution in [3.63, 3.8) is 0 Å². The van der Waals surface area contributed by atoms with Crippen LogP contribution < -0.4 is 0 Å². The number of esters is 1. The van der Waals surface area contributed by atoms with Crippen molar-refractivity contribution < 1.29 is 14.3 Å². The topological polar surface area (TPSA) is 43.4 Å². The molecule has 1 aromatic rings. The molecule has 0 heterocycles. The maximum Gasteiger partial charge on any atom is 0.316 e. The average molecular weight is 258 g/mol. The van der Waals surface area contributed by atoms with E-state index in [2.05, 4.69) is 18.2 Å². The van der Waals surface area contributed by atoms with E-state index < -0.39 is 5.92 Å². The number of aryl methyl sites for hydroxylation is 1. The van der Waals surface area contributed by atoms with Crippen molar-refractivity contribution in [1.82, 2.24) is 0 Å². The third-order valence-electron chi connectivity index (χ3n) is 4.76. The first-order chi connectivity index (χ1) is 9.16. The molecular weight excluding hydrogens is 240 g/mol. The van der Waals surface area contributed by atoms with Gasteiger partial charge >= 0.3 is 5.97 Å². The fraction of sp³-hybridized carbons (Fsp3) is 0.500. The first-order valence-corrected chi connectivity index (χ1v) is 6.85. The van der Waals surface area contributed by atoms with Crippen LogP contribution in [0, 0.1) is 5.92 Å². The second kappa shape index (κ2) is 4.48. The first kappa shape index (κ1) is 12.4. The molecule has 3 nitrogen and oxygen atoms in total. The zero-order chi connectivity index (χ0) is 13.5. The molecule has 0 amide bonds. The minimum atomic E-state index is -0.539. The molecule has 0 N–H and O–H groups in total. The van der Waals surface area contributed by atoms with Gasteiger partial charge in [0.25, 0.3) is 0 Å². The molecular formula is C16H18O3. The molecule has 2 unspecified atom stereocenters. The summed E-state index contributed by atoms with van der Waals surface area (Å²) in [6.45, 7) is 0. The Morgan fingerprint density at radius 3 is 2.84 bits per heavy atom. The van der Waals surface area contributed by atoms with Gasteiger partial charge in [-0.25, -0.2) is 0 Å². The lowest BCUT2D eigenvalue weighted by Gasteiger charge is -2.36. The first-order valence-electron chi connectivity index (χ1n) is 6.85. The van der Waals surface area contributed by atoms with Gasteiger partial charge in [0.1, 0.15) is 11.7 Å². The van der Waals surface area contributed by atoms with Crippen LogP contribution in [0.4, 0.5) is 0 Å². The highest BCUT2D eigenvalue weighted by atomic mass is 16.5. The molecule has 0 aliphatic heterocycles. The zero-order valence-corrected chi connectivity index (χ0v) is 11.1. The number of methoxy groups -OCH3 is 1. The van der Waals surface area contributed by atoms with E-state index in [-0.39, 0.29) is 17.2 Å². The van der Waals surface area contributed by atoms with Crippen molar-refractivity contribution in [3.8, 4) is 0 Å². The number of carbonyl (C=O) groups is 2. The summed E-state index contributed by atoms with van der Waals surface area (Å²) < 4.78 is 4.72. The molecule has 3 rings (SSSR count). The molecule has 1 aromatic carbocycles. The van der Waals surface area contributed by atoms with Crippen LogP contribution in [-0.2, 0) is 26.2 Å². The largest absolute Gasteiger partial charge is 0.468 e. The molecule has 100 valence electrons. The lowest BCUT2D eigenvalue weighted by molar-refractivity contribution is -0.151. The summed E-state index contributed by atoms with van der Waals surface area (Å²) in [5.41, 5.74) is 2.68. The Labute approximate surface area is 113 Å². The third kappa shape index (κ3) is 1.88. The predicted octanol–water partition coefficient (Wildman–Crippen LogP) is 2.41. The van der Waals surface area contributed by atoms with Crippen molar-refractivity contribution in [2.75, 3.05) is 7.11 Å². The van der Waals surface area contributed by atoms with Crippen LogP contribution in [0.15, 0.2) is 24.3 Å². The molecule has 3 heteroatoms. The highest BCUT2D eigenvalue weighted by molar-refractivity contribution is 6.00. The molecule has 0 aromatic heterocycles. The highest BCUT2D eigenvalue weighted by Gasteiger charge is 2.46. The van der Waals surface area contributed by atoms with E-state index in [0.717, 1.165) is 19.3 Å². The predicted molar refractivity (Wildman–Crippen MR) is 70.8 cm³/mol. The van der Waals surface area contributed by atoms with E-state index in [1.54, 1.807) is 0 Å². The van der Waals surface area contributed by atoms with Crippen molar-refractivity contribution >= 4 is 11.8 Å². The fourth-order valence-electron chi connectivity index (χ4n) is 3.73. The van der Waals surface area contributed by atoms with Gasteiger partial charge in [0, 0.05) is 11.8 Å². The van der Waals surface area contributed by atoms with Gasteiger partial charge < -0.3 is 4.74 Å². The number of Topliss-reactive ketones (excluding diaryl/α,β-unsaturated/α-hetero) is 1. The zero-order valence-electron chi connectivity index (χ0n) is 11.1. The van der Waals surface area contributed by atoms with Crippen LogP contribution in [0.5, 0.6) is 0 Å². The number of fused-ring (bicyclic) bond motifs is 2. The Bertz CT molecular complexity index is 535. The van der Waals surface area contributed by atoms with Gasteiger partial charge in [0.2, 0.25) is 0 Å². The minimum Gasteiger partial charge on any atom is -0.468 e. The summed E-state index contributed by atoms with van der Waals surface area (Å²) in [6.07, 6.45) is 4.11. The van der Waals surface area contributed by atoms with Gasteiger partial charge in [-0.2, -0.15) is 0 Å². The van der Waals surface area contributed by atoms with E-state index in [0.29, 0.717) is 12.8 Å². The molecule has 0 radical (unpaired) electrons. The molecule has 0 bridgehead atoms. The number of carbonyl (C=O) groups excluding carboxylic acids is 2. The summed E-state index contributed by atoms with van der Waals surface area (Å²) in [5.74, 6) is -0.857. The maximum atomic E-state index is 12.3. The molecule has 0 saturated heterocycles. The van der Waals surface area contributed by atoms with Crippen LogP contribution in [-0.4, -0.2) is 18.9 Å². The quantitative estimate of drug-likeness (QED) is 0.574. The molecule has 2 aliphatic carbocycles. The van der Waals surface area contributed by atoms with Crippen molar-refractivity contribution in [2.45, 2.75) is 37.5 Å². The second-order valence-corrected chi connectivity index (χ2v) is 5.69. The van der Waals surface area contributed by atoms with E-state index >= 15 is 0 Å². The Kier molecular flexibility index (Phi) is 2.92. The average Bonchev–Trinajstić information content (AvgIpc) is 2.78. The number of rotatable bonds is 1. The summed E-state index contributed by atoms with van der Waals surface area (Å²) in [5, 5.41) is 0. The van der Waals surface area contributed by atoms with Gasteiger partial charge in [-0.1, -0.05) is 24.3 Å². The highest BCUT2D eigenvalue weighted by Crippen LogP contribution is 2.48. The summed E-state index contributed by atoms with van der Waals surface area (Å²) in [7, 11) is 1.35. The molecule has 1 spiro atoms. The van der Waals surface area contributed by atoms with Crippen molar-refractivity contribution in [3.05, 3.63) is 35.4 Å². The lowest BCUT2D eigenvalue weighted by Crippen LogP contribution is -2.39. The normalized spacial score (nSPS) is 29.3. The van der Waals surface area contributed by atoms with Gasteiger partial charge in [-0.15, -0.1) is 0 Å².